The lowest BCUT2D eigenvalue weighted by atomic mass is 9.71. The van der Waals surface area contributed by atoms with Gasteiger partial charge in [-0.15, -0.1) is 0 Å². The van der Waals surface area contributed by atoms with Crippen LogP contribution in [0.5, 0.6) is 0 Å². The molecule has 0 bridgehead atoms. The molecule has 1 saturated carbocycles. The predicted octanol–water partition coefficient (Wildman–Crippen LogP) is 2.87. The third kappa shape index (κ3) is 3.23. The van der Waals surface area contributed by atoms with Crippen LogP contribution in [0, 0.1) is 17.3 Å². The summed E-state index contributed by atoms with van der Waals surface area (Å²) in [6.45, 7) is 10.6. The summed E-state index contributed by atoms with van der Waals surface area (Å²) in [4.78, 5) is 2.72. The highest BCUT2D eigenvalue weighted by Crippen LogP contribution is 2.39. The Morgan fingerprint density at radius 1 is 1.06 bits per heavy atom. The van der Waals surface area contributed by atoms with E-state index in [0.717, 1.165) is 24.4 Å². The number of hydrogen-bond donors (Lipinski definition) is 1. The van der Waals surface area contributed by atoms with Crippen molar-refractivity contribution in [1.29, 1.82) is 0 Å². The lowest BCUT2D eigenvalue weighted by Crippen LogP contribution is -2.39. The average molecular weight is 238 g/mol. The Balaban J connectivity index is 1.80. The Kier molecular flexibility index (Phi) is 4.14. The number of likely N-dealkylation sites (tertiary alicyclic amines) is 1. The molecular weight excluding hydrogens is 208 g/mol. The molecule has 1 saturated heterocycles. The molecule has 2 N–H and O–H groups in total. The van der Waals surface area contributed by atoms with Crippen LogP contribution in [0.25, 0.3) is 0 Å². The zero-order valence-electron chi connectivity index (χ0n) is 11.9. The van der Waals surface area contributed by atoms with E-state index in [9.17, 15) is 0 Å². The van der Waals surface area contributed by atoms with Crippen molar-refractivity contribution in [2.75, 3.05) is 19.6 Å². The molecule has 1 heterocycles. The summed E-state index contributed by atoms with van der Waals surface area (Å²) in [5, 5.41) is 0. The van der Waals surface area contributed by atoms with Gasteiger partial charge in [0, 0.05) is 12.6 Å². The van der Waals surface area contributed by atoms with Crippen molar-refractivity contribution >= 4 is 0 Å². The molecule has 1 aliphatic heterocycles. The molecule has 0 spiro atoms. The van der Waals surface area contributed by atoms with Crippen molar-refractivity contribution in [3.8, 4) is 0 Å². The summed E-state index contributed by atoms with van der Waals surface area (Å²) < 4.78 is 0. The van der Waals surface area contributed by atoms with E-state index in [1.54, 1.807) is 0 Å². The van der Waals surface area contributed by atoms with Gasteiger partial charge in [-0.05, 0) is 62.4 Å². The fourth-order valence-electron chi connectivity index (χ4n) is 3.69. The maximum absolute atomic E-state index is 5.78. The summed E-state index contributed by atoms with van der Waals surface area (Å²) in [6.07, 6.45) is 7.02. The van der Waals surface area contributed by atoms with Crippen LogP contribution in [-0.2, 0) is 0 Å². The molecule has 2 nitrogen and oxygen atoms in total. The van der Waals surface area contributed by atoms with Gasteiger partial charge in [-0.25, -0.2) is 0 Å². The number of rotatable bonds is 2. The van der Waals surface area contributed by atoms with Gasteiger partial charge in [-0.2, -0.15) is 0 Å². The van der Waals surface area contributed by atoms with Gasteiger partial charge < -0.3 is 10.6 Å². The molecular formula is C15H30N2. The normalized spacial score (nSPS) is 36.4. The van der Waals surface area contributed by atoms with Crippen LogP contribution in [0.3, 0.4) is 0 Å². The highest BCUT2D eigenvalue weighted by molar-refractivity contribution is 4.88. The van der Waals surface area contributed by atoms with Crippen LogP contribution in [0.1, 0.15) is 52.9 Å². The quantitative estimate of drug-likeness (QED) is 0.801. The van der Waals surface area contributed by atoms with E-state index in [0.29, 0.717) is 5.41 Å². The highest BCUT2D eigenvalue weighted by atomic mass is 15.2. The van der Waals surface area contributed by atoms with E-state index >= 15 is 0 Å². The second-order valence-corrected chi connectivity index (χ2v) is 7.26. The summed E-state index contributed by atoms with van der Waals surface area (Å²) in [5.74, 6) is 1.71. The van der Waals surface area contributed by atoms with E-state index in [-0.39, 0.29) is 0 Å². The fraction of sp³-hybridized carbons (Fsp3) is 1.00. The van der Waals surface area contributed by atoms with Crippen molar-refractivity contribution in [3.63, 3.8) is 0 Å². The molecule has 1 aliphatic carbocycles. The number of nitrogens with zero attached hydrogens (tertiary/aromatic N) is 1. The van der Waals surface area contributed by atoms with Gasteiger partial charge in [-0.1, -0.05) is 20.8 Å². The van der Waals surface area contributed by atoms with Crippen LogP contribution >= 0.6 is 0 Å². The molecule has 2 fully saturated rings. The largest absolute Gasteiger partial charge is 0.330 e. The molecule has 2 rings (SSSR count). The Morgan fingerprint density at radius 3 is 2.18 bits per heavy atom. The molecule has 0 aromatic rings. The minimum atomic E-state index is 0.510. The Bertz CT molecular complexity index is 236. The second-order valence-electron chi connectivity index (χ2n) is 7.26. The van der Waals surface area contributed by atoms with Gasteiger partial charge in [-0.3, -0.25) is 0 Å². The number of nitrogens with two attached hydrogens (primary N) is 1. The first-order valence-electron chi connectivity index (χ1n) is 7.45. The van der Waals surface area contributed by atoms with E-state index in [1.807, 2.05) is 0 Å². The van der Waals surface area contributed by atoms with Gasteiger partial charge >= 0.3 is 0 Å². The molecule has 17 heavy (non-hydrogen) atoms. The Hall–Kier alpha value is -0.0800. The highest BCUT2D eigenvalue weighted by Gasteiger charge is 2.34. The molecule has 2 aliphatic rings. The zero-order valence-corrected chi connectivity index (χ0v) is 11.9. The molecule has 100 valence electrons. The molecule has 1 unspecified atom stereocenters. The molecule has 0 radical (unpaired) electrons. The first-order chi connectivity index (χ1) is 8.00. The number of hydrogen-bond acceptors (Lipinski definition) is 2. The van der Waals surface area contributed by atoms with Crippen molar-refractivity contribution in [2.24, 2.45) is 23.0 Å². The van der Waals surface area contributed by atoms with E-state index in [1.165, 1.54) is 45.2 Å². The third-order valence-electron chi connectivity index (χ3n) is 5.09. The monoisotopic (exact) mass is 238 g/mol. The summed E-state index contributed by atoms with van der Waals surface area (Å²) in [6, 6.07) is 0.866. The van der Waals surface area contributed by atoms with Crippen LogP contribution in [0.15, 0.2) is 0 Å². The smallest absolute Gasteiger partial charge is 0.00955 e. The fourth-order valence-corrected chi connectivity index (χ4v) is 3.69. The second kappa shape index (κ2) is 5.27. The van der Waals surface area contributed by atoms with Gasteiger partial charge in [0.15, 0.2) is 0 Å². The topological polar surface area (TPSA) is 29.3 Å². The molecule has 0 amide bonds. The summed E-state index contributed by atoms with van der Waals surface area (Å²) in [5.41, 5.74) is 6.29. The van der Waals surface area contributed by atoms with E-state index in [4.69, 9.17) is 5.73 Å². The van der Waals surface area contributed by atoms with Gasteiger partial charge in [0.2, 0.25) is 0 Å². The van der Waals surface area contributed by atoms with E-state index in [2.05, 4.69) is 25.7 Å². The minimum absolute atomic E-state index is 0.510. The van der Waals surface area contributed by atoms with Crippen LogP contribution in [0.4, 0.5) is 0 Å². The van der Waals surface area contributed by atoms with Crippen molar-refractivity contribution in [3.05, 3.63) is 0 Å². The zero-order chi connectivity index (χ0) is 12.5. The van der Waals surface area contributed by atoms with Gasteiger partial charge in [0.25, 0.3) is 0 Å². The summed E-state index contributed by atoms with van der Waals surface area (Å²) >= 11 is 0. The Labute approximate surface area is 107 Å². The molecule has 2 heteroatoms. The first-order valence-corrected chi connectivity index (χ1v) is 7.45. The third-order valence-corrected chi connectivity index (χ3v) is 5.09. The SMILES string of the molecule is CC(C)(C)C1CCC(N2CCC(CN)C2)CC1. The molecule has 1 atom stereocenters. The van der Waals surface area contributed by atoms with Crippen molar-refractivity contribution in [2.45, 2.75) is 58.9 Å². The van der Waals surface area contributed by atoms with Crippen molar-refractivity contribution < 1.29 is 0 Å². The van der Waals surface area contributed by atoms with Crippen molar-refractivity contribution in [1.82, 2.24) is 4.90 Å². The standard InChI is InChI=1S/C15H30N2/c1-15(2,3)13-4-6-14(7-5-13)17-9-8-12(10-16)11-17/h12-14H,4-11,16H2,1-3H3. The van der Waals surface area contributed by atoms with Gasteiger partial charge in [0.1, 0.15) is 0 Å². The maximum Gasteiger partial charge on any atom is 0.00955 e. The molecule has 0 aromatic heterocycles. The van der Waals surface area contributed by atoms with Crippen LogP contribution < -0.4 is 5.73 Å². The summed E-state index contributed by atoms with van der Waals surface area (Å²) in [7, 11) is 0. The van der Waals surface area contributed by atoms with Gasteiger partial charge in [0.05, 0.1) is 0 Å². The average Bonchev–Trinajstić information content (AvgIpc) is 2.76. The lowest BCUT2D eigenvalue weighted by Gasteiger charge is -2.40. The molecule has 0 aromatic carbocycles. The van der Waals surface area contributed by atoms with Crippen LogP contribution in [0.2, 0.25) is 0 Å². The van der Waals surface area contributed by atoms with E-state index < -0.39 is 0 Å². The lowest BCUT2D eigenvalue weighted by molar-refractivity contribution is 0.108. The predicted molar refractivity (Wildman–Crippen MR) is 73.9 cm³/mol. The maximum atomic E-state index is 5.78. The minimum Gasteiger partial charge on any atom is -0.330 e. The first kappa shape index (κ1) is 13.4. The van der Waals surface area contributed by atoms with Crippen LogP contribution in [-0.4, -0.2) is 30.6 Å². The Morgan fingerprint density at radius 2 is 1.71 bits per heavy atom.